The second-order valence-electron chi connectivity index (χ2n) is 3.95. The Morgan fingerprint density at radius 3 is 2.50 bits per heavy atom. The first-order valence-corrected chi connectivity index (χ1v) is 6.96. The molecule has 0 bridgehead atoms. The summed E-state index contributed by atoms with van der Waals surface area (Å²) < 4.78 is 25.9. The van der Waals surface area contributed by atoms with Crippen molar-refractivity contribution >= 4 is 27.0 Å². The van der Waals surface area contributed by atoms with Gasteiger partial charge in [-0.1, -0.05) is 0 Å². The molecule has 2 rings (SSSR count). The van der Waals surface area contributed by atoms with Crippen molar-refractivity contribution in [1.82, 2.24) is 23.9 Å². The van der Waals surface area contributed by atoms with Crippen molar-refractivity contribution in [3.63, 3.8) is 0 Å². The van der Waals surface area contributed by atoms with E-state index < -0.39 is 10.0 Å². The summed E-state index contributed by atoms with van der Waals surface area (Å²) in [6.07, 6.45) is 4.11. The van der Waals surface area contributed by atoms with Crippen LogP contribution in [-0.4, -0.2) is 52.7 Å². The Bertz CT molecular complexity index is 679. The van der Waals surface area contributed by atoms with Gasteiger partial charge in [0.25, 0.3) is 0 Å². The first-order chi connectivity index (χ1) is 8.32. The molecule has 2 heterocycles. The lowest BCUT2D eigenvalue weighted by Crippen LogP contribution is -2.41. The van der Waals surface area contributed by atoms with E-state index in [2.05, 4.69) is 15.0 Å². The Hall–Kier alpha value is -1.74. The fourth-order valence-corrected chi connectivity index (χ4v) is 2.05. The van der Waals surface area contributed by atoms with Crippen LogP contribution in [0.15, 0.2) is 12.7 Å². The molecule has 0 aromatic carbocycles. The van der Waals surface area contributed by atoms with Gasteiger partial charge in [-0.3, -0.25) is 5.01 Å². The van der Waals surface area contributed by atoms with E-state index in [0.29, 0.717) is 17.0 Å². The molecule has 0 N–H and O–H groups in total. The van der Waals surface area contributed by atoms with Crippen LogP contribution in [-0.2, 0) is 17.1 Å². The van der Waals surface area contributed by atoms with Crippen LogP contribution in [0.4, 0.5) is 5.82 Å². The average molecular weight is 270 g/mol. The van der Waals surface area contributed by atoms with E-state index in [1.807, 2.05) is 7.05 Å². The number of rotatable bonds is 3. The minimum Gasteiger partial charge on any atom is -0.318 e. The van der Waals surface area contributed by atoms with E-state index in [1.54, 1.807) is 17.9 Å². The molecule has 9 heteroatoms. The number of imidazole rings is 1. The van der Waals surface area contributed by atoms with Crippen LogP contribution in [0.25, 0.3) is 11.2 Å². The Balaban J connectivity index is 2.55. The van der Waals surface area contributed by atoms with Crippen LogP contribution in [0.3, 0.4) is 0 Å². The molecule has 0 saturated carbocycles. The summed E-state index contributed by atoms with van der Waals surface area (Å²) in [5.74, 6) is 0.438. The maximum absolute atomic E-state index is 11.5. The number of hydrazine groups is 1. The van der Waals surface area contributed by atoms with Crippen LogP contribution in [0, 0.1) is 0 Å². The van der Waals surface area contributed by atoms with Crippen molar-refractivity contribution in [2.24, 2.45) is 7.05 Å². The van der Waals surface area contributed by atoms with E-state index in [1.165, 1.54) is 18.4 Å². The van der Waals surface area contributed by atoms with E-state index in [9.17, 15) is 8.42 Å². The van der Waals surface area contributed by atoms with E-state index in [4.69, 9.17) is 0 Å². The Kier molecular flexibility index (Phi) is 2.95. The van der Waals surface area contributed by atoms with Crippen LogP contribution >= 0.6 is 0 Å². The van der Waals surface area contributed by atoms with Crippen molar-refractivity contribution in [3.05, 3.63) is 12.7 Å². The predicted octanol–water partition coefficient (Wildman–Crippen LogP) is -0.394. The highest BCUT2D eigenvalue weighted by Gasteiger charge is 2.21. The van der Waals surface area contributed by atoms with Gasteiger partial charge in [-0.25, -0.2) is 23.4 Å². The van der Waals surface area contributed by atoms with E-state index >= 15 is 0 Å². The summed E-state index contributed by atoms with van der Waals surface area (Å²) in [5.41, 5.74) is 1.20. The number of aromatic nitrogens is 4. The Labute approximate surface area is 105 Å². The number of fused-ring (bicyclic) bond motifs is 1. The van der Waals surface area contributed by atoms with Gasteiger partial charge in [-0.15, -0.1) is 4.41 Å². The molecule has 2 aromatic rings. The van der Waals surface area contributed by atoms with Crippen LogP contribution in [0.1, 0.15) is 0 Å². The highest BCUT2D eigenvalue weighted by Crippen LogP contribution is 2.21. The normalized spacial score (nSPS) is 12.3. The SMILES string of the molecule is CN(c1ncnc2c1ncn2C)N(C)S(C)(=O)=O. The molecule has 0 amide bonds. The lowest BCUT2D eigenvalue weighted by atomic mass is 10.5. The molecule has 0 aliphatic carbocycles. The first kappa shape index (κ1) is 12.7. The molecule has 18 heavy (non-hydrogen) atoms. The maximum atomic E-state index is 11.5. The van der Waals surface area contributed by atoms with Crippen molar-refractivity contribution < 1.29 is 8.42 Å². The highest BCUT2D eigenvalue weighted by atomic mass is 32.2. The number of anilines is 1. The summed E-state index contributed by atoms with van der Waals surface area (Å²) in [7, 11) is 1.52. The summed E-state index contributed by atoms with van der Waals surface area (Å²) in [4.78, 5) is 12.4. The molecule has 2 aromatic heterocycles. The van der Waals surface area contributed by atoms with Crippen LogP contribution in [0.5, 0.6) is 0 Å². The monoisotopic (exact) mass is 270 g/mol. The Morgan fingerprint density at radius 1 is 1.22 bits per heavy atom. The van der Waals surface area contributed by atoms with Crippen molar-refractivity contribution in [1.29, 1.82) is 0 Å². The Morgan fingerprint density at radius 2 is 1.89 bits per heavy atom. The van der Waals surface area contributed by atoms with E-state index in [-0.39, 0.29) is 0 Å². The van der Waals surface area contributed by atoms with Crippen molar-refractivity contribution in [2.75, 3.05) is 25.4 Å². The summed E-state index contributed by atoms with van der Waals surface area (Å²) >= 11 is 0. The van der Waals surface area contributed by atoms with Crippen molar-refractivity contribution in [2.45, 2.75) is 0 Å². The third kappa shape index (κ3) is 2.02. The predicted molar refractivity (Wildman–Crippen MR) is 67.3 cm³/mol. The smallest absolute Gasteiger partial charge is 0.227 e. The molecule has 8 nitrogen and oxygen atoms in total. The largest absolute Gasteiger partial charge is 0.318 e. The fourth-order valence-electron chi connectivity index (χ4n) is 1.53. The fraction of sp³-hybridized carbons (Fsp3) is 0.444. The summed E-state index contributed by atoms with van der Waals surface area (Å²) in [6, 6.07) is 0. The van der Waals surface area contributed by atoms with Gasteiger partial charge in [0.1, 0.15) is 6.33 Å². The zero-order valence-corrected chi connectivity index (χ0v) is 11.4. The molecule has 0 fully saturated rings. The third-order valence-electron chi connectivity index (χ3n) is 2.69. The molecular weight excluding hydrogens is 256 g/mol. The van der Waals surface area contributed by atoms with Gasteiger partial charge < -0.3 is 4.57 Å². The van der Waals surface area contributed by atoms with E-state index in [0.717, 1.165) is 10.7 Å². The summed E-state index contributed by atoms with van der Waals surface area (Å²) in [6.45, 7) is 0. The number of sulfonamides is 1. The third-order valence-corrected chi connectivity index (χ3v) is 3.89. The molecule has 98 valence electrons. The minimum absolute atomic E-state index is 0.438. The van der Waals surface area contributed by atoms with Gasteiger partial charge in [-0.05, 0) is 0 Å². The van der Waals surface area contributed by atoms with Gasteiger partial charge in [-0.2, -0.15) is 0 Å². The molecule has 0 spiro atoms. The van der Waals surface area contributed by atoms with Crippen LogP contribution < -0.4 is 5.01 Å². The van der Waals surface area contributed by atoms with Gasteiger partial charge >= 0.3 is 0 Å². The first-order valence-electron chi connectivity index (χ1n) is 5.12. The molecule has 0 aliphatic rings. The number of hydrogen-bond donors (Lipinski definition) is 0. The molecule has 0 radical (unpaired) electrons. The quantitative estimate of drug-likeness (QED) is 0.706. The number of aryl methyl sites for hydroxylation is 1. The standard InChI is InChI=1S/C9H14N6O2S/c1-13-6-12-7-8(13)10-5-11-9(7)14(2)15(3)18(4,16)17/h5-6H,1-4H3. The van der Waals surface area contributed by atoms with Gasteiger partial charge in [0.05, 0.1) is 12.6 Å². The van der Waals surface area contributed by atoms with Gasteiger partial charge in [0.15, 0.2) is 17.0 Å². The minimum atomic E-state index is -3.35. The van der Waals surface area contributed by atoms with Crippen molar-refractivity contribution in [3.8, 4) is 0 Å². The zero-order chi connectivity index (χ0) is 13.5. The molecule has 0 saturated heterocycles. The lowest BCUT2D eigenvalue weighted by molar-refractivity contribution is 0.465. The molecule has 0 atom stereocenters. The van der Waals surface area contributed by atoms with Crippen LogP contribution in [0.2, 0.25) is 0 Å². The molecule has 0 unspecified atom stereocenters. The highest BCUT2D eigenvalue weighted by molar-refractivity contribution is 7.88. The second-order valence-corrected chi connectivity index (χ2v) is 5.94. The summed E-state index contributed by atoms with van der Waals surface area (Å²) in [5, 5.41) is 1.42. The topological polar surface area (TPSA) is 84.2 Å². The maximum Gasteiger partial charge on any atom is 0.227 e. The number of nitrogens with zero attached hydrogens (tertiary/aromatic N) is 6. The number of hydrogen-bond acceptors (Lipinski definition) is 6. The average Bonchev–Trinajstić information content (AvgIpc) is 2.68. The van der Waals surface area contributed by atoms with Gasteiger partial charge in [0.2, 0.25) is 10.0 Å². The molecular formula is C9H14N6O2S. The zero-order valence-electron chi connectivity index (χ0n) is 10.6. The lowest BCUT2D eigenvalue weighted by Gasteiger charge is -2.26. The van der Waals surface area contributed by atoms with Gasteiger partial charge in [0, 0.05) is 21.1 Å². The second kappa shape index (κ2) is 4.18. The molecule has 0 aliphatic heterocycles.